The molecule has 0 atom stereocenters. The Hall–Kier alpha value is -1.43. The van der Waals surface area contributed by atoms with Crippen LogP contribution in [0.3, 0.4) is 0 Å². The number of rotatable bonds is 3. The van der Waals surface area contributed by atoms with Crippen molar-refractivity contribution in [2.24, 2.45) is 0 Å². The minimum Gasteiger partial charge on any atom is -0.495 e. The molecule has 1 rings (SSSR count). The molecule has 0 aliphatic carbocycles. The molecule has 15 heavy (non-hydrogen) atoms. The molecule has 0 unspecified atom stereocenters. The van der Waals surface area contributed by atoms with Crippen molar-refractivity contribution < 1.29 is 23.8 Å². The van der Waals surface area contributed by atoms with Gasteiger partial charge in [-0.25, -0.2) is 9.18 Å². The predicted molar refractivity (Wildman–Crippen MR) is 52.6 cm³/mol. The van der Waals surface area contributed by atoms with E-state index in [1.807, 2.05) is 0 Å². The van der Waals surface area contributed by atoms with Crippen molar-refractivity contribution in [1.29, 1.82) is 0 Å². The summed E-state index contributed by atoms with van der Waals surface area (Å²) in [6.45, 7) is 0. The summed E-state index contributed by atoms with van der Waals surface area (Å²) in [5.41, 5.74) is -0.196. The average molecular weight is 277 g/mol. The monoisotopic (exact) mass is 276 g/mol. The van der Waals surface area contributed by atoms with Crippen molar-refractivity contribution in [1.82, 2.24) is 0 Å². The van der Waals surface area contributed by atoms with Crippen LogP contribution in [0.1, 0.15) is 10.4 Å². The molecule has 0 aromatic heterocycles. The first kappa shape index (κ1) is 11.6. The number of halogens is 2. The molecule has 6 heteroatoms. The lowest BCUT2D eigenvalue weighted by molar-refractivity contribution is -0.131. The lowest BCUT2D eigenvalue weighted by Gasteiger charge is -2.08. The molecule has 0 aliphatic rings. The van der Waals surface area contributed by atoms with Gasteiger partial charge in [0.15, 0.2) is 0 Å². The second-order valence-electron chi connectivity index (χ2n) is 2.58. The first-order chi connectivity index (χ1) is 6.99. The summed E-state index contributed by atoms with van der Waals surface area (Å²) in [5.74, 6) is -3.52. The number of carbonyl (C=O) groups is 2. The van der Waals surface area contributed by atoms with Crippen LogP contribution in [-0.2, 0) is 4.79 Å². The first-order valence-electron chi connectivity index (χ1n) is 3.78. The molecule has 0 saturated heterocycles. The van der Waals surface area contributed by atoms with Gasteiger partial charge in [0, 0.05) is 0 Å². The smallest absolute Gasteiger partial charge is 0.377 e. The number of benzene rings is 1. The Labute approximate surface area is 92.8 Å². The topological polar surface area (TPSA) is 63.6 Å². The molecule has 0 spiro atoms. The third-order valence-electron chi connectivity index (χ3n) is 1.69. The number of aliphatic carboxylic acids is 1. The van der Waals surface area contributed by atoms with E-state index in [1.54, 1.807) is 0 Å². The molecule has 0 bridgehead atoms. The molecule has 0 aliphatic heterocycles. The van der Waals surface area contributed by atoms with Crippen LogP contribution in [0.25, 0.3) is 0 Å². The fourth-order valence-electron chi connectivity index (χ4n) is 1.03. The van der Waals surface area contributed by atoms with Crippen LogP contribution in [-0.4, -0.2) is 24.0 Å². The van der Waals surface area contributed by atoms with E-state index < -0.39 is 17.6 Å². The third-order valence-corrected chi connectivity index (χ3v) is 2.43. The number of carbonyl (C=O) groups excluding carboxylic acids is 1. The second-order valence-corrected chi connectivity index (χ2v) is 3.37. The van der Waals surface area contributed by atoms with Crippen LogP contribution in [0.15, 0.2) is 16.6 Å². The fraction of sp³-hybridized carbons (Fsp3) is 0.111. The van der Waals surface area contributed by atoms with Gasteiger partial charge in [0.2, 0.25) is 0 Å². The van der Waals surface area contributed by atoms with E-state index in [1.165, 1.54) is 7.11 Å². The Kier molecular flexibility index (Phi) is 3.41. The Morgan fingerprint density at radius 1 is 1.47 bits per heavy atom. The van der Waals surface area contributed by atoms with Gasteiger partial charge in [-0.1, -0.05) is 0 Å². The van der Waals surface area contributed by atoms with E-state index in [2.05, 4.69) is 15.9 Å². The van der Waals surface area contributed by atoms with Gasteiger partial charge in [-0.2, -0.15) is 0 Å². The van der Waals surface area contributed by atoms with Gasteiger partial charge >= 0.3 is 5.97 Å². The molecule has 1 aromatic rings. The molecule has 1 aromatic carbocycles. The van der Waals surface area contributed by atoms with E-state index in [4.69, 9.17) is 9.84 Å². The zero-order valence-corrected chi connectivity index (χ0v) is 9.17. The maximum absolute atomic E-state index is 13.0. The number of ketones is 1. The summed E-state index contributed by atoms with van der Waals surface area (Å²) >= 11 is 2.86. The van der Waals surface area contributed by atoms with Crippen molar-refractivity contribution in [2.45, 2.75) is 0 Å². The van der Waals surface area contributed by atoms with E-state index in [0.717, 1.165) is 12.1 Å². The zero-order chi connectivity index (χ0) is 11.6. The normalized spacial score (nSPS) is 9.80. The van der Waals surface area contributed by atoms with Crippen LogP contribution in [0.4, 0.5) is 4.39 Å². The van der Waals surface area contributed by atoms with E-state index in [9.17, 15) is 14.0 Å². The van der Waals surface area contributed by atoms with Gasteiger partial charge in [0.25, 0.3) is 5.78 Å². The van der Waals surface area contributed by atoms with Crippen LogP contribution in [0.2, 0.25) is 0 Å². The highest BCUT2D eigenvalue weighted by Crippen LogP contribution is 2.31. The molecule has 4 nitrogen and oxygen atoms in total. The summed E-state index contributed by atoms with van der Waals surface area (Å²) in [7, 11) is 1.22. The SMILES string of the molecule is COc1c(C(=O)C(=O)O)ccc(F)c1Br. The zero-order valence-electron chi connectivity index (χ0n) is 7.58. The van der Waals surface area contributed by atoms with E-state index >= 15 is 0 Å². The largest absolute Gasteiger partial charge is 0.495 e. The van der Waals surface area contributed by atoms with Crippen molar-refractivity contribution >= 4 is 27.7 Å². The summed E-state index contributed by atoms with van der Waals surface area (Å²) in [5, 5.41) is 8.50. The van der Waals surface area contributed by atoms with Crippen LogP contribution in [0, 0.1) is 5.82 Å². The number of hydrogen-bond acceptors (Lipinski definition) is 3. The minimum atomic E-state index is -1.62. The van der Waals surface area contributed by atoms with Crippen LogP contribution < -0.4 is 4.74 Å². The van der Waals surface area contributed by atoms with E-state index in [0.29, 0.717) is 0 Å². The number of carboxylic acid groups (broad SMARTS) is 1. The van der Waals surface area contributed by atoms with Crippen molar-refractivity contribution in [3.63, 3.8) is 0 Å². The number of Topliss-reactive ketones (excluding diaryl/α,β-unsaturated/α-hetero) is 1. The highest BCUT2D eigenvalue weighted by Gasteiger charge is 2.22. The van der Waals surface area contributed by atoms with Gasteiger partial charge in [-0.3, -0.25) is 4.79 Å². The number of hydrogen-bond donors (Lipinski definition) is 1. The summed E-state index contributed by atoms with van der Waals surface area (Å²) in [6, 6.07) is 2.05. The predicted octanol–water partition coefficient (Wildman–Crippen LogP) is 1.86. The van der Waals surface area contributed by atoms with Crippen LogP contribution in [0.5, 0.6) is 5.75 Å². The third kappa shape index (κ3) is 2.15. The first-order valence-corrected chi connectivity index (χ1v) is 4.58. The van der Waals surface area contributed by atoms with Gasteiger partial charge in [0.1, 0.15) is 11.6 Å². The average Bonchev–Trinajstić information content (AvgIpc) is 2.20. The molecule has 80 valence electrons. The maximum atomic E-state index is 13.0. The lowest BCUT2D eigenvalue weighted by Crippen LogP contribution is -2.14. The molecule has 0 fully saturated rings. The number of carboxylic acids is 1. The van der Waals surface area contributed by atoms with Crippen LogP contribution >= 0.6 is 15.9 Å². The molecule has 0 amide bonds. The van der Waals surface area contributed by atoms with E-state index in [-0.39, 0.29) is 15.8 Å². The van der Waals surface area contributed by atoms with Crippen molar-refractivity contribution in [2.75, 3.05) is 7.11 Å². The number of methoxy groups -OCH3 is 1. The molecule has 0 saturated carbocycles. The van der Waals surface area contributed by atoms with Gasteiger partial charge in [-0.15, -0.1) is 0 Å². The highest BCUT2D eigenvalue weighted by atomic mass is 79.9. The quantitative estimate of drug-likeness (QED) is 0.676. The molecule has 0 radical (unpaired) electrons. The van der Waals surface area contributed by atoms with Gasteiger partial charge in [0.05, 0.1) is 17.1 Å². The summed E-state index contributed by atoms with van der Waals surface area (Å²) < 4.78 is 17.7. The Morgan fingerprint density at radius 2 is 2.07 bits per heavy atom. The molecular weight excluding hydrogens is 271 g/mol. The van der Waals surface area contributed by atoms with Gasteiger partial charge < -0.3 is 9.84 Å². The Balaban J connectivity index is 3.37. The van der Waals surface area contributed by atoms with Crippen molar-refractivity contribution in [3.8, 4) is 5.75 Å². The minimum absolute atomic E-state index is 0.0721. The molecular formula is C9H6BrFO4. The lowest BCUT2D eigenvalue weighted by atomic mass is 10.1. The highest BCUT2D eigenvalue weighted by molar-refractivity contribution is 9.10. The summed E-state index contributed by atoms with van der Waals surface area (Å²) in [6.07, 6.45) is 0. The Bertz CT molecular complexity index is 430. The Morgan fingerprint density at radius 3 is 2.53 bits per heavy atom. The molecule has 1 N–H and O–H groups in total. The van der Waals surface area contributed by atoms with Crippen molar-refractivity contribution in [3.05, 3.63) is 28.0 Å². The second kappa shape index (κ2) is 4.39. The summed E-state index contributed by atoms with van der Waals surface area (Å²) in [4.78, 5) is 21.6. The fourth-order valence-corrected chi connectivity index (χ4v) is 1.53. The van der Waals surface area contributed by atoms with Gasteiger partial charge in [-0.05, 0) is 28.1 Å². The maximum Gasteiger partial charge on any atom is 0.377 e. The molecule has 0 heterocycles. The standard InChI is InChI=1S/C9H6BrFO4/c1-15-8-4(7(12)9(13)14)2-3-5(11)6(8)10/h2-3H,1H3,(H,13,14). The number of ether oxygens (including phenoxy) is 1.